The van der Waals surface area contributed by atoms with E-state index in [4.69, 9.17) is 20.3 Å². The van der Waals surface area contributed by atoms with E-state index >= 15 is 0 Å². The highest BCUT2D eigenvalue weighted by molar-refractivity contribution is 7.46. The summed E-state index contributed by atoms with van der Waals surface area (Å²) in [5.74, 6) is 0.206. The van der Waals surface area contributed by atoms with Gasteiger partial charge in [0.15, 0.2) is 17.7 Å². The Bertz CT molecular complexity index is 732. The molecule has 1 aliphatic rings. The van der Waals surface area contributed by atoms with Gasteiger partial charge in [0.2, 0.25) is 0 Å². The number of imidazole rings is 1. The van der Waals surface area contributed by atoms with E-state index in [0.29, 0.717) is 11.2 Å². The van der Waals surface area contributed by atoms with Crippen LogP contribution < -0.4 is 5.73 Å². The summed E-state index contributed by atoms with van der Waals surface area (Å²) in [6.07, 6.45) is 0.472. The molecule has 5 N–H and O–H groups in total. The third kappa shape index (κ3) is 2.95. The number of nitrogen functional groups attached to an aromatic ring is 1. The molecule has 11 nitrogen and oxygen atoms in total. The van der Waals surface area contributed by atoms with Crippen molar-refractivity contribution in [3.63, 3.8) is 0 Å². The summed E-state index contributed by atoms with van der Waals surface area (Å²) in [6, 6.07) is 0. The van der Waals surface area contributed by atoms with Crippen LogP contribution in [0.5, 0.6) is 0 Å². The van der Waals surface area contributed by atoms with Crippen molar-refractivity contribution in [2.24, 2.45) is 0 Å². The van der Waals surface area contributed by atoms with Crippen molar-refractivity contribution in [3.05, 3.63) is 12.7 Å². The van der Waals surface area contributed by atoms with E-state index in [1.54, 1.807) is 0 Å². The number of phosphoric ester groups is 1. The molecular weight excluding hydrogens is 317 g/mol. The van der Waals surface area contributed by atoms with Gasteiger partial charge in [0, 0.05) is 6.42 Å². The van der Waals surface area contributed by atoms with Gasteiger partial charge in [-0.15, -0.1) is 0 Å². The van der Waals surface area contributed by atoms with Gasteiger partial charge < -0.3 is 25.4 Å². The molecule has 0 bridgehead atoms. The minimum atomic E-state index is -4.58. The smallest absolute Gasteiger partial charge is 0.388 e. The molecule has 0 amide bonds. The van der Waals surface area contributed by atoms with Crippen LogP contribution >= 0.6 is 7.82 Å². The van der Waals surface area contributed by atoms with E-state index in [1.165, 1.54) is 17.2 Å². The van der Waals surface area contributed by atoms with E-state index in [2.05, 4.69) is 19.5 Å². The summed E-state index contributed by atoms with van der Waals surface area (Å²) in [6.45, 7) is -0.332. The molecule has 0 spiro atoms. The Morgan fingerprint density at radius 1 is 1.45 bits per heavy atom. The van der Waals surface area contributed by atoms with Crippen molar-refractivity contribution in [1.29, 1.82) is 0 Å². The number of nitrogens with zero attached hydrogens (tertiary/aromatic N) is 4. The molecule has 2 unspecified atom stereocenters. The van der Waals surface area contributed by atoms with Crippen molar-refractivity contribution < 1.29 is 28.7 Å². The molecule has 3 heterocycles. The number of fused-ring (bicyclic) bond motifs is 1. The standard InChI is InChI=1S/C10H14N5O6P/c11-8-7-9(13-3-12-8)15(4-14-7)10-6(16)1-5(21-10)2-20-22(17,18)19/h3-6,10,16H,1-2H2,(H2,11,12,13)(H2,17,18,19)/t5?,6-,10?/m1/s1. The van der Waals surface area contributed by atoms with Crippen LogP contribution in [0.3, 0.4) is 0 Å². The molecule has 22 heavy (non-hydrogen) atoms. The number of nitrogens with two attached hydrogens (primary N) is 1. The molecule has 2 aromatic heterocycles. The molecule has 0 aliphatic carbocycles. The van der Waals surface area contributed by atoms with Crippen molar-refractivity contribution in [2.45, 2.75) is 24.9 Å². The first-order chi connectivity index (χ1) is 10.3. The zero-order chi connectivity index (χ0) is 15.9. The normalized spacial score (nSPS) is 25.9. The lowest BCUT2D eigenvalue weighted by atomic mass is 10.2. The zero-order valence-electron chi connectivity index (χ0n) is 11.2. The molecule has 120 valence electrons. The van der Waals surface area contributed by atoms with E-state index in [-0.39, 0.29) is 18.8 Å². The molecule has 3 rings (SSSR count). The summed E-state index contributed by atoms with van der Waals surface area (Å²) in [5, 5.41) is 10.1. The summed E-state index contributed by atoms with van der Waals surface area (Å²) in [5.41, 5.74) is 6.47. The monoisotopic (exact) mass is 331 g/mol. The van der Waals surface area contributed by atoms with Crippen LogP contribution in [0.4, 0.5) is 5.82 Å². The third-order valence-corrected chi connectivity index (χ3v) is 3.74. The number of rotatable bonds is 4. The van der Waals surface area contributed by atoms with Crippen molar-refractivity contribution in [2.75, 3.05) is 12.3 Å². The van der Waals surface area contributed by atoms with E-state index in [1.807, 2.05) is 0 Å². The maximum Gasteiger partial charge on any atom is 0.469 e. The van der Waals surface area contributed by atoms with Crippen LogP contribution in [-0.4, -0.2) is 53.2 Å². The molecular formula is C10H14N5O6P. The van der Waals surface area contributed by atoms with Gasteiger partial charge in [-0.2, -0.15) is 0 Å². The maximum atomic E-state index is 10.7. The van der Waals surface area contributed by atoms with Gasteiger partial charge >= 0.3 is 7.82 Å². The Kier molecular flexibility index (Phi) is 3.85. The summed E-state index contributed by atoms with van der Waals surface area (Å²) in [7, 11) is -4.58. The number of aliphatic hydroxyl groups excluding tert-OH is 1. The number of anilines is 1. The molecule has 0 aromatic carbocycles. The number of phosphoric acid groups is 1. The molecule has 2 aromatic rings. The SMILES string of the molecule is Nc1ncnc2c1ncn2C1OC(COP(=O)(O)O)C[C@H]1O. The van der Waals surface area contributed by atoms with Crippen LogP contribution in [0.25, 0.3) is 11.2 Å². The minimum Gasteiger partial charge on any atom is -0.388 e. The highest BCUT2D eigenvalue weighted by atomic mass is 31.2. The summed E-state index contributed by atoms with van der Waals surface area (Å²) < 4.78 is 22.2. The Hall–Kier alpha value is -1.62. The molecule has 1 saturated heterocycles. The molecule has 12 heteroatoms. The van der Waals surface area contributed by atoms with Crippen molar-refractivity contribution in [1.82, 2.24) is 19.5 Å². The third-order valence-electron chi connectivity index (χ3n) is 3.26. The Morgan fingerprint density at radius 2 is 2.23 bits per heavy atom. The molecule has 0 saturated carbocycles. The lowest BCUT2D eigenvalue weighted by molar-refractivity contribution is -0.0481. The van der Waals surface area contributed by atoms with E-state index < -0.39 is 26.3 Å². The number of aliphatic hydroxyl groups is 1. The quantitative estimate of drug-likeness (QED) is 0.519. The Labute approximate surface area is 124 Å². The first kappa shape index (κ1) is 15.3. The second-order valence-electron chi connectivity index (χ2n) is 4.82. The van der Waals surface area contributed by atoms with Gasteiger partial charge in [-0.1, -0.05) is 0 Å². The van der Waals surface area contributed by atoms with Gasteiger partial charge in [0.05, 0.1) is 19.0 Å². The van der Waals surface area contributed by atoms with Gasteiger partial charge in [-0.25, -0.2) is 19.5 Å². The summed E-state index contributed by atoms with van der Waals surface area (Å²) >= 11 is 0. The zero-order valence-corrected chi connectivity index (χ0v) is 12.1. The van der Waals surface area contributed by atoms with E-state index in [9.17, 15) is 9.67 Å². The van der Waals surface area contributed by atoms with Crippen LogP contribution in [0, 0.1) is 0 Å². The largest absolute Gasteiger partial charge is 0.469 e. The molecule has 0 radical (unpaired) electrons. The Balaban J connectivity index is 1.80. The van der Waals surface area contributed by atoms with Gasteiger partial charge in [0.1, 0.15) is 17.9 Å². The predicted molar refractivity (Wildman–Crippen MR) is 72.3 cm³/mol. The predicted octanol–water partition coefficient (Wildman–Crippen LogP) is -0.834. The molecule has 1 aliphatic heterocycles. The van der Waals surface area contributed by atoms with Crippen molar-refractivity contribution >= 4 is 24.8 Å². The average molecular weight is 331 g/mol. The van der Waals surface area contributed by atoms with Crippen LogP contribution in [0.1, 0.15) is 12.6 Å². The minimum absolute atomic E-state index is 0.158. The second-order valence-corrected chi connectivity index (χ2v) is 6.06. The van der Waals surface area contributed by atoms with Gasteiger partial charge in [0.25, 0.3) is 0 Å². The Morgan fingerprint density at radius 3 is 2.95 bits per heavy atom. The fourth-order valence-corrected chi connectivity index (χ4v) is 2.68. The first-order valence-electron chi connectivity index (χ1n) is 6.32. The van der Waals surface area contributed by atoms with Gasteiger partial charge in [-0.3, -0.25) is 9.09 Å². The fourth-order valence-electron chi connectivity index (χ4n) is 2.32. The first-order valence-corrected chi connectivity index (χ1v) is 7.85. The maximum absolute atomic E-state index is 10.7. The topological polar surface area (TPSA) is 166 Å². The lowest BCUT2D eigenvalue weighted by Crippen LogP contribution is -2.19. The van der Waals surface area contributed by atoms with Crippen molar-refractivity contribution in [3.8, 4) is 0 Å². The second kappa shape index (κ2) is 5.54. The van der Waals surface area contributed by atoms with E-state index in [0.717, 1.165) is 0 Å². The highest BCUT2D eigenvalue weighted by Gasteiger charge is 2.37. The van der Waals surface area contributed by atoms with Crippen LogP contribution in [0.2, 0.25) is 0 Å². The number of ether oxygens (including phenoxy) is 1. The fraction of sp³-hybridized carbons (Fsp3) is 0.500. The number of aromatic nitrogens is 4. The lowest BCUT2D eigenvalue weighted by Gasteiger charge is -2.17. The molecule has 3 atom stereocenters. The highest BCUT2D eigenvalue weighted by Crippen LogP contribution is 2.38. The molecule has 1 fully saturated rings. The summed E-state index contributed by atoms with van der Waals surface area (Å²) in [4.78, 5) is 29.3. The van der Waals surface area contributed by atoms with Crippen LogP contribution in [-0.2, 0) is 13.8 Å². The van der Waals surface area contributed by atoms with Gasteiger partial charge in [-0.05, 0) is 0 Å². The van der Waals surface area contributed by atoms with Crippen LogP contribution in [0.15, 0.2) is 12.7 Å². The number of hydrogen-bond acceptors (Lipinski definition) is 8. The average Bonchev–Trinajstić information content (AvgIpc) is 3.00. The number of hydrogen-bond donors (Lipinski definition) is 4.